The maximum atomic E-state index is 15.9. The highest BCUT2D eigenvalue weighted by Crippen LogP contribution is 2.44. The molecular weight excluding hydrogens is 942 g/mol. The topological polar surface area (TPSA) is 27.7 Å². The molecule has 348 valence electrons. The van der Waals surface area contributed by atoms with E-state index in [2.05, 4.69) is 14.2 Å². The third-order valence-electron chi connectivity index (χ3n) is 9.61. The van der Waals surface area contributed by atoms with E-state index in [1.165, 1.54) is 12.1 Å². The molecule has 0 unspecified atom stereocenters. The molecule has 0 amide bonds. The van der Waals surface area contributed by atoms with Crippen molar-refractivity contribution < 1.29 is 93.2 Å². The van der Waals surface area contributed by atoms with Gasteiger partial charge in [0.1, 0.15) is 68.8 Å². The third-order valence-corrected chi connectivity index (χ3v) is 9.61. The Labute approximate surface area is 364 Å². The van der Waals surface area contributed by atoms with Crippen molar-refractivity contribution in [3.05, 3.63) is 195 Å². The SMILES string of the molecule is Cc1ccc(-c2cc(F)c(C(F)(F)Oc3cc(-c4cc(F)c(C(F)(F)Oc5cc(F)c(F)c(F)c5)c(F)c4)cc(-c4cc(F)c(C(F)(F)Oc5cc(F)c(F)c(F)c5)c(F)c4)c3)c(F)c2)cc1. The molecule has 0 heterocycles. The Morgan fingerprint density at radius 1 is 0.284 bits per heavy atom. The van der Waals surface area contributed by atoms with Gasteiger partial charge in [-0.05, 0) is 94.9 Å². The van der Waals surface area contributed by atoms with Gasteiger partial charge in [0.15, 0.2) is 34.9 Å². The van der Waals surface area contributed by atoms with Crippen LogP contribution in [-0.2, 0) is 18.3 Å². The van der Waals surface area contributed by atoms with Gasteiger partial charge in [0.2, 0.25) is 0 Å². The van der Waals surface area contributed by atoms with E-state index >= 15 is 52.7 Å². The van der Waals surface area contributed by atoms with Gasteiger partial charge in [-0.25, -0.2) is 52.7 Å². The van der Waals surface area contributed by atoms with Crippen LogP contribution in [0.4, 0.5) is 79.0 Å². The zero-order chi connectivity index (χ0) is 49.1. The maximum absolute atomic E-state index is 15.9. The molecular formula is C46H20F18O3. The number of rotatable bonds is 12. The second kappa shape index (κ2) is 17.5. The predicted molar refractivity (Wildman–Crippen MR) is 200 cm³/mol. The van der Waals surface area contributed by atoms with E-state index < -0.39 is 144 Å². The lowest BCUT2D eigenvalue weighted by molar-refractivity contribution is -0.190. The number of hydrogen-bond donors (Lipinski definition) is 0. The zero-order valence-electron chi connectivity index (χ0n) is 32.8. The van der Waals surface area contributed by atoms with E-state index in [1.54, 1.807) is 19.1 Å². The molecule has 67 heavy (non-hydrogen) atoms. The summed E-state index contributed by atoms with van der Waals surface area (Å²) in [6.07, 6.45) is -15.3. The highest BCUT2D eigenvalue weighted by molar-refractivity contribution is 5.76. The van der Waals surface area contributed by atoms with Crippen LogP contribution >= 0.6 is 0 Å². The molecule has 0 aliphatic rings. The van der Waals surface area contributed by atoms with Crippen molar-refractivity contribution in [2.24, 2.45) is 0 Å². The van der Waals surface area contributed by atoms with Crippen LogP contribution in [0, 0.1) is 76.7 Å². The highest BCUT2D eigenvalue weighted by Gasteiger charge is 2.44. The molecule has 7 aromatic rings. The average Bonchev–Trinajstić information content (AvgIpc) is 3.20. The van der Waals surface area contributed by atoms with Crippen molar-refractivity contribution >= 4 is 0 Å². The van der Waals surface area contributed by atoms with Gasteiger partial charge >= 0.3 is 18.3 Å². The Kier molecular flexibility index (Phi) is 12.4. The lowest BCUT2D eigenvalue weighted by Gasteiger charge is -2.22. The molecule has 7 rings (SSSR count). The molecule has 21 heteroatoms. The van der Waals surface area contributed by atoms with Crippen LogP contribution in [0.2, 0.25) is 0 Å². The van der Waals surface area contributed by atoms with E-state index in [1.807, 2.05) is 0 Å². The Bertz CT molecular complexity index is 2820. The summed E-state index contributed by atoms with van der Waals surface area (Å²) in [5.74, 6) is -29.2. The van der Waals surface area contributed by atoms with Gasteiger partial charge in [-0.2, -0.15) is 26.3 Å². The highest BCUT2D eigenvalue weighted by atomic mass is 19.3. The van der Waals surface area contributed by atoms with Gasteiger partial charge in [-0.15, -0.1) is 0 Å². The Morgan fingerprint density at radius 3 is 0.806 bits per heavy atom. The second-order valence-electron chi connectivity index (χ2n) is 14.3. The molecule has 0 saturated carbocycles. The minimum atomic E-state index is -5.13. The first-order chi connectivity index (χ1) is 31.2. The predicted octanol–water partition coefficient (Wildman–Crippen LogP) is 15.1. The fourth-order valence-corrected chi connectivity index (χ4v) is 6.57. The minimum Gasteiger partial charge on any atom is -0.429 e. The van der Waals surface area contributed by atoms with Gasteiger partial charge in [-0.1, -0.05) is 29.8 Å². The molecule has 7 aromatic carbocycles. The molecule has 0 aliphatic heterocycles. The van der Waals surface area contributed by atoms with Crippen molar-refractivity contribution in [2.45, 2.75) is 25.2 Å². The van der Waals surface area contributed by atoms with Gasteiger partial charge in [-0.3, -0.25) is 0 Å². The van der Waals surface area contributed by atoms with Crippen LogP contribution in [-0.4, -0.2) is 0 Å². The first-order valence-corrected chi connectivity index (χ1v) is 18.5. The Hall–Kier alpha value is -7.32. The van der Waals surface area contributed by atoms with Gasteiger partial charge in [0, 0.05) is 24.3 Å². The Morgan fingerprint density at radius 2 is 0.522 bits per heavy atom. The van der Waals surface area contributed by atoms with Crippen molar-refractivity contribution in [3.63, 3.8) is 0 Å². The molecule has 0 atom stereocenters. The molecule has 0 saturated heterocycles. The number of benzene rings is 7. The summed E-state index contributed by atoms with van der Waals surface area (Å²) in [6, 6.07) is 8.58. The number of hydrogen-bond acceptors (Lipinski definition) is 3. The van der Waals surface area contributed by atoms with E-state index in [9.17, 15) is 26.3 Å². The van der Waals surface area contributed by atoms with Crippen LogP contribution in [0.5, 0.6) is 17.2 Å². The molecule has 0 bridgehead atoms. The maximum Gasteiger partial charge on any atom is 0.432 e. The smallest absolute Gasteiger partial charge is 0.429 e. The summed E-state index contributed by atoms with van der Waals surface area (Å²) in [5.41, 5.74) is -9.15. The van der Waals surface area contributed by atoms with Crippen molar-refractivity contribution in [1.29, 1.82) is 0 Å². The summed E-state index contributed by atoms with van der Waals surface area (Å²) >= 11 is 0. The second-order valence-corrected chi connectivity index (χ2v) is 14.3. The number of alkyl halides is 6. The zero-order valence-corrected chi connectivity index (χ0v) is 32.8. The molecule has 0 aliphatic carbocycles. The Balaban J connectivity index is 1.32. The average molecular weight is 963 g/mol. The first-order valence-electron chi connectivity index (χ1n) is 18.5. The summed E-state index contributed by atoms with van der Waals surface area (Å²) in [4.78, 5) is 0. The summed E-state index contributed by atoms with van der Waals surface area (Å²) in [5, 5.41) is 0. The normalized spacial score (nSPS) is 12.1. The lowest BCUT2D eigenvalue weighted by atomic mass is 9.96. The lowest BCUT2D eigenvalue weighted by Crippen LogP contribution is -2.26. The number of halogens is 18. The molecule has 0 aromatic heterocycles. The molecule has 0 N–H and O–H groups in total. The summed E-state index contributed by atoms with van der Waals surface area (Å²) in [6.45, 7) is 1.69. The number of ether oxygens (including phenoxy) is 3. The summed E-state index contributed by atoms with van der Waals surface area (Å²) < 4.78 is 279. The quantitative estimate of drug-likeness (QED) is 0.0902. The third kappa shape index (κ3) is 9.66. The van der Waals surface area contributed by atoms with Crippen LogP contribution in [0.3, 0.4) is 0 Å². The van der Waals surface area contributed by atoms with Gasteiger partial charge < -0.3 is 14.2 Å². The van der Waals surface area contributed by atoms with E-state index in [-0.39, 0.29) is 59.7 Å². The molecule has 0 fully saturated rings. The van der Waals surface area contributed by atoms with E-state index in [4.69, 9.17) is 0 Å². The molecule has 3 nitrogen and oxygen atoms in total. The van der Waals surface area contributed by atoms with E-state index in [0.29, 0.717) is 30.3 Å². The van der Waals surface area contributed by atoms with Crippen LogP contribution in [0.15, 0.2) is 103 Å². The minimum absolute atomic E-state index is 0.0877. The van der Waals surface area contributed by atoms with Crippen molar-refractivity contribution in [1.82, 2.24) is 0 Å². The fraction of sp³-hybridized carbons (Fsp3) is 0.0870. The largest absolute Gasteiger partial charge is 0.432 e. The van der Waals surface area contributed by atoms with Gasteiger partial charge in [0.05, 0.1) is 0 Å². The number of aryl methyl sites for hydroxylation is 1. The summed E-state index contributed by atoms with van der Waals surface area (Å²) in [7, 11) is 0. The van der Waals surface area contributed by atoms with Crippen molar-refractivity contribution in [3.8, 4) is 50.6 Å². The monoisotopic (exact) mass is 962 g/mol. The van der Waals surface area contributed by atoms with E-state index in [0.717, 1.165) is 5.56 Å². The van der Waals surface area contributed by atoms with Crippen LogP contribution in [0.25, 0.3) is 33.4 Å². The molecule has 0 spiro atoms. The first kappa shape index (κ1) is 47.6. The van der Waals surface area contributed by atoms with Gasteiger partial charge in [0.25, 0.3) is 0 Å². The molecule has 0 radical (unpaired) electrons. The standard InChI is InChI=1S/C46H20F18O3/c1-19-2-4-20(5-3-19)23-9-29(47)39(30(48)10-23)44(59,60)65-26-7-21(24-11-31(49)40(32(50)12-24)45(61,62)66-27-15-35(53)42(57)36(54)16-27)6-22(8-26)25-13-33(51)41(34(52)14-25)46(63,64)67-28-17-37(55)43(58)38(56)18-28/h2-18H,1H3. The fourth-order valence-electron chi connectivity index (χ4n) is 6.57. The van der Waals surface area contributed by atoms with Crippen LogP contribution in [0.1, 0.15) is 22.3 Å². The van der Waals surface area contributed by atoms with Crippen molar-refractivity contribution in [2.75, 3.05) is 0 Å². The van der Waals surface area contributed by atoms with Crippen LogP contribution < -0.4 is 14.2 Å².